The highest BCUT2D eigenvalue weighted by molar-refractivity contribution is 5.32. The van der Waals surface area contributed by atoms with E-state index in [0.29, 0.717) is 0 Å². The minimum atomic E-state index is 0.877. The van der Waals surface area contributed by atoms with E-state index in [4.69, 9.17) is 4.74 Å². The van der Waals surface area contributed by atoms with Crippen LogP contribution in [0.4, 0.5) is 0 Å². The van der Waals surface area contributed by atoms with Crippen LogP contribution in [0.25, 0.3) is 0 Å². The second-order valence-corrected chi connectivity index (χ2v) is 5.09. The lowest BCUT2D eigenvalue weighted by molar-refractivity contribution is 0.233. The minimum Gasteiger partial charge on any atom is -0.457 e. The molecule has 2 aromatic rings. The van der Waals surface area contributed by atoms with Gasteiger partial charge in [-0.05, 0) is 29.8 Å². The topological polar surface area (TPSA) is 24.5 Å². The molecule has 104 valence electrons. The SMILES string of the molecule is c1ccc(Oc2ccc(CN3CCNCC3)cc2)cc1. The number of piperazine rings is 1. The molecular weight excluding hydrogens is 248 g/mol. The maximum absolute atomic E-state index is 5.80. The summed E-state index contributed by atoms with van der Waals surface area (Å²) in [4.78, 5) is 2.48. The largest absolute Gasteiger partial charge is 0.457 e. The van der Waals surface area contributed by atoms with Gasteiger partial charge in [-0.1, -0.05) is 30.3 Å². The number of para-hydroxylation sites is 1. The molecule has 0 atom stereocenters. The first-order valence-electron chi connectivity index (χ1n) is 7.15. The molecule has 0 spiro atoms. The third-order valence-electron chi connectivity index (χ3n) is 3.52. The van der Waals surface area contributed by atoms with Crippen LogP contribution >= 0.6 is 0 Å². The molecule has 1 aliphatic heterocycles. The summed E-state index contributed by atoms with van der Waals surface area (Å²) in [5.41, 5.74) is 1.34. The van der Waals surface area contributed by atoms with Crippen LogP contribution in [0.2, 0.25) is 0 Å². The number of hydrogen-bond acceptors (Lipinski definition) is 3. The molecule has 1 fully saturated rings. The Hall–Kier alpha value is -1.84. The third kappa shape index (κ3) is 3.59. The van der Waals surface area contributed by atoms with Crippen LogP contribution in [0.3, 0.4) is 0 Å². The van der Waals surface area contributed by atoms with Gasteiger partial charge in [0.25, 0.3) is 0 Å². The summed E-state index contributed by atoms with van der Waals surface area (Å²) in [5.74, 6) is 1.77. The summed E-state index contributed by atoms with van der Waals surface area (Å²) in [6.45, 7) is 5.46. The molecule has 1 saturated heterocycles. The quantitative estimate of drug-likeness (QED) is 0.922. The van der Waals surface area contributed by atoms with E-state index in [-0.39, 0.29) is 0 Å². The minimum absolute atomic E-state index is 0.877. The van der Waals surface area contributed by atoms with E-state index in [0.717, 1.165) is 44.2 Å². The molecule has 1 heterocycles. The normalized spacial score (nSPS) is 16.0. The maximum Gasteiger partial charge on any atom is 0.127 e. The summed E-state index contributed by atoms with van der Waals surface area (Å²) in [6, 6.07) is 18.3. The van der Waals surface area contributed by atoms with Gasteiger partial charge in [0.1, 0.15) is 11.5 Å². The van der Waals surface area contributed by atoms with Crippen LogP contribution in [0.5, 0.6) is 11.5 Å². The van der Waals surface area contributed by atoms with Gasteiger partial charge in [0.15, 0.2) is 0 Å². The molecule has 0 aliphatic carbocycles. The van der Waals surface area contributed by atoms with Crippen LogP contribution < -0.4 is 10.1 Å². The van der Waals surface area contributed by atoms with E-state index in [1.807, 2.05) is 42.5 Å². The molecule has 20 heavy (non-hydrogen) atoms. The smallest absolute Gasteiger partial charge is 0.127 e. The lowest BCUT2D eigenvalue weighted by atomic mass is 10.2. The molecule has 0 unspecified atom stereocenters. The molecule has 0 aromatic heterocycles. The maximum atomic E-state index is 5.80. The van der Waals surface area contributed by atoms with Crippen LogP contribution in [0.15, 0.2) is 54.6 Å². The van der Waals surface area contributed by atoms with E-state index in [9.17, 15) is 0 Å². The molecule has 3 nitrogen and oxygen atoms in total. The van der Waals surface area contributed by atoms with Gasteiger partial charge >= 0.3 is 0 Å². The van der Waals surface area contributed by atoms with E-state index in [1.54, 1.807) is 0 Å². The van der Waals surface area contributed by atoms with Crippen molar-refractivity contribution in [3.8, 4) is 11.5 Å². The van der Waals surface area contributed by atoms with Gasteiger partial charge in [0.2, 0.25) is 0 Å². The average Bonchev–Trinajstić information content (AvgIpc) is 2.51. The Bertz CT molecular complexity index is 518. The number of nitrogens with one attached hydrogen (secondary N) is 1. The van der Waals surface area contributed by atoms with Gasteiger partial charge in [-0.15, -0.1) is 0 Å². The zero-order chi connectivity index (χ0) is 13.6. The number of hydrogen-bond donors (Lipinski definition) is 1. The summed E-state index contributed by atoms with van der Waals surface area (Å²) in [6.07, 6.45) is 0. The summed E-state index contributed by atoms with van der Waals surface area (Å²) in [5, 5.41) is 3.38. The Morgan fingerprint density at radius 2 is 1.50 bits per heavy atom. The highest BCUT2D eigenvalue weighted by Gasteiger charge is 2.09. The van der Waals surface area contributed by atoms with E-state index in [1.165, 1.54) is 5.56 Å². The van der Waals surface area contributed by atoms with Crippen molar-refractivity contribution in [3.63, 3.8) is 0 Å². The molecule has 3 heteroatoms. The Balaban J connectivity index is 1.59. The highest BCUT2D eigenvalue weighted by Crippen LogP contribution is 2.21. The molecule has 2 aromatic carbocycles. The molecule has 1 N–H and O–H groups in total. The Labute approximate surface area is 120 Å². The molecule has 0 saturated carbocycles. The second-order valence-electron chi connectivity index (χ2n) is 5.09. The summed E-state index contributed by atoms with van der Waals surface area (Å²) >= 11 is 0. The molecule has 0 bridgehead atoms. The first kappa shape index (κ1) is 13.2. The van der Waals surface area contributed by atoms with Crippen molar-refractivity contribution >= 4 is 0 Å². The number of benzene rings is 2. The highest BCUT2D eigenvalue weighted by atomic mass is 16.5. The first-order valence-corrected chi connectivity index (χ1v) is 7.15. The van der Waals surface area contributed by atoms with E-state index < -0.39 is 0 Å². The van der Waals surface area contributed by atoms with Gasteiger partial charge in [-0.2, -0.15) is 0 Å². The zero-order valence-corrected chi connectivity index (χ0v) is 11.6. The van der Waals surface area contributed by atoms with Crippen LogP contribution in [0.1, 0.15) is 5.56 Å². The second kappa shape index (κ2) is 6.55. The van der Waals surface area contributed by atoms with E-state index >= 15 is 0 Å². The van der Waals surface area contributed by atoms with E-state index in [2.05, 4.69) is 22.3 Å². The van der Waals surface area contributed by atoms with Gasteiger partial charge in [0, 0.05) is 32.7 Å². The molecule has 3 rings (SSSR count). The third-order valence-corrected chi connectivity index (χ3v) is 3.52. The predicted molar refractivity (Wildman–Crippen MR) is 81.1 cm³/mol. The van der Waals surface area contributed by atoms with Crippen LogP contribution in [0, 0.1) is 0 Å². The van der Waals surface area contributed by atoms with Crippen molar-refractivity contribution in [1.82, 2.24) is 10.2 Å². The number of rotatable bonds is 4. The van der Waals surface area contributed by atoms with Gasteiger partial charge in [-0.3, -0.25) is 4.90 Å². The Kier molecular flexibility index (Phi) is 4.31. The Morgan fingerprint density at radius 3 is 2.20 bits per heavy atom. The predicted octanol–water partition coefficient (Wildman–Crippen LogP) is 2.88. The van der Waals surface area contributed by atoms with Gasteiger partial charge < -0.3 is 10.1 Å². The van der Waals surface area contributed by atoms with Crippen LogP contribution in [-0.2, 0) is 6.54 Å². The lowest BCUT2D eigenvalue weighted by Crippen LogP contribution is -2.42. The molecule has 0 radical (unpaired) electrons. The van der Waals surface area contributed by atoms with Crippen molar-refractivity contribution in [1.29, 1.82) is 0 Å². The van der Waals surface area contributed by atoms with Crippen molar-refractivity contribution in [3.05, 3.63) is 60.2 Å². The van der Waals surface area contributed by atoms with Crippen molar-refractivity contribution in [2.75, 3.05) is 26.2 Å². The summed E-state index contributed by atoms with van der Waals surface area (Å²) in [7, 11) is 0. The monoisotopic (exact) mass is 268 g/mol. The number of nitrogens with zero attached hydrogens (tertiary/aromatic N) is 1. The lowest BCUT2D eigenvalue weighted by Gasteiger charge is -2.27. The van der Waals surface area contributed by atoms with Gasteiger partial charge in [-0.25, -0.2) is 0 Å². The average molecular weight is 268 g/mol. The van der Waals surface area contributed by atoms with Gasteiger partial charge in [0.05, 0.1) is 0 Å². The van der Waals surface area contributed by atoms with Crippen molar-refractivity contribution in [2.45, 2.75) is 6.54 Å². The first-order chi connectivity index (χ1) is 9.90. The molecular formula is C17H20N2O. The van der Waals surface area contributed by atoms with Crippen LogP contribution in [-0.4, -0.2) is 31.1 Å². The molecule has 1 aliphatic rings. The summed E-state index contributed by atoms with van der Waals surface area (Å²) < 4.78 is 5.80. The fourth-order valence-corrected chi connectivity index (χ4v) is 2.41. The van der Waals surface area contributed by atoms with Crippen molar-refractivity contribution < 1.29 is 4.74 Å². The standard InChI is InChI=1S/C17H20N2O/c1-2-4-16(5-3-1)20-17-8-6-15(7-9-17)14-19-12-10-18-11-13-19/h1-9,18H,10-14H2. The zero-order valence-electron chi connectivity index (χ0n) is 11.6. The van der Waals surface area contributed by atoms with Crippen molar-refractivity contribution in [2.24, 2.45) is 0 Å². The Morgan fingerprint density at radius 1 is 0.850 bits per heavy atom. The fourth-order valence-electron chi connectivity index (χ4n) is 2.41. The fraction of sp³-hybridized carbons (Fsp3) is 0.294. The number of ether oxygens (including phenoxy) is 1. The molecule has 0 amide bonds.